The van der Waals surface area contributed by atoms with Gasteiger partial charge in [0.2, 0.25) is 0 Å². The molecule has 0 fully saturated rings. The number of aliphatic hydroxyl groups excluding tert-OH is 1. The van der Waals surface area contributed by atoms with Gasteiger partial charge in [0.25, 0.3) is 0 Å². The second-order valence-corrected chi connectivity index (χ2v) is 3.98. The van der Waals surface area contributed by atoms with Crippen LogP contribution in [0.3, 0.4) is 0 Å². The lowest BCUT2D eigenvalue weighted by molar-refractivity contribution is 0.159. The molecule has 0 spiro atoms. The molecular formula is C11H19NO. The molecule has 0 amide bonds. The van der Waals surface area contributed by atoms with E-state index >= 15 is 0 Å². The smallest absolute Gasteiger partial charge is 0.0485 e. The Balaban J connectivity index is 0.00000144. The summed E-state index contributed by atoms with van der Waals surface area (Å²) < 4.78 is 0. The van der Waals surface area contributed by atoms with Crippen molar-refractivity contribution in [2.24, 2.45) is 5.41 Å². The third-order valence-electron chi connectivity index (χ3n) is 1.95. The van der Waals surface area contributed by atoms with Crippen LogP contribution in [0.1, 0.15) is 19.4 Å². The van der Waals surface area contributed by atoms with Crippen LogP contribution in [0.2, 0.25) is 0 Å². The molecular weight excluding hydrogens is 162 g/mol. The first-order valence-corrected chi connectivity index (χ1v) is 4.29. The normalized spacial score (nSPS) is 10.7. The Morgan fingerprint density at radius 3 is 2.15 bits per heavy atom. The van der Waals surface area contributed by atoms with Crippen LogP contribution >= 0.6 is 0 Å². The third-order valence-corrected chi connectivity index (χ3v) is 1.95. The molecule has 0 aliphatic carbocycles. The summed E-state index contributed by atoms with van der Waals surface area (Å²) in [6.45, 7) is 4.38. The van der Waals surface area contributed by atoms with E-state index < -0.39 is 0 Å². The molecule has 0 aromatic heterocycles. The van der Waals surface area contributed by atoms with E-state index in [0.29, 0.717) is 0 Å². The van der Waals surface area contributed by atoms with E-state index in [1.54, 1.807) is 0 Å². The van der Waals surface area contributed by atoms with Crippen LogP contribution in [0, 0.1) is 5.41 Å². The number of benzene rings is 1. The molecule has 0 radical (unpaired) electrons. The molecule has 74 valence electrons. The minimum absolute atomic E-state index is 0. The Labute approximate surface area is 80.2 Å². The van der Waals surface area contributed by atoms with E-state index in [4.69, 9.17) is 5.11 Å². The quantitative estimate of drug-likeness (QED) is 0.752. The predicted octanol–water partition coefficient (Wildman–Crippen LogP) is 2.41. The second kappa shape index (κ2) is 5.00. The fraction of sp³-hybridized carbons (Fsp3) is 0.455. The van der Waals surface area contributed by atoms with Gasteiger partial charge in [-0.25, -0.2) is 0 Å². The highest BCUT2D eigenvalue weighted by atomic mass is 16.3. The van der Waals surface area contributed by atoms with Crippen molar-refractivity contribution in [2.45, 2.75) is 20.3 Å². The van der Waals surface area contributed by atoms with Crippen molar-refractivity contribution in [1.82, 2.24) is 6.15 Å². The van der Waals surface area contributed by atoms with Gasteiger partial charge < -0.3 is 11.3 Å². The molecule has 0 saturated carbocycles. The monoisotopic (exact) mass is 181 g/mol. The van der Waals surface area contributed by atoms with Crippen molar-refractivity contribution < 1.29 is 5.11 Å². The summed E-state index contributed by atoms with van der Waals surface area (Å²) in [6, 6.07) is 10.3. The van der Waals surface area contributed by atoms with E-state index in [9.17, 15) is 0 Å². The van der Waals surface area contributed by atoms with Gasteiger partial charge in [-0.3, -0.25) is 0 Å². The maximum atomic E-state index is 9.06. The first kappa shape index (κ1) is 12.1. The summed E-state index contributed by atoms with van der Waals surface area (Å²) in [6.07, 6.45) is 0.935. The van der Waals surface area contributed by atoms with Crippen molar-refractivity contribution in [3.8, 4) is 0 Å². The maximum absolute atomic E-state index is 9.06. The minimum Gasteiger partial charge on any atom is -0.396 e. The van der Waals surface area contributed by atoms with Gasteiger partial charge in [0.05, 0.1) is 0 Å². The average molecular weight is 181 g/mol. The minimum atomic E-state index is 0. The summed E-state index contributed by atoms with van der Waals surface area (Å²) in [5.41, 5.74) is 1.29. The van der Waals surface area contributed by atoms with E-state index in [1.165, 1.54) is 5.56 Å². The fourth-order valence-electron chi connectivity index (χ4n) is 1.20. The number of hydrogen-bond acceptors (Lipinski definition) is 2. The highest BCUT2D eigenvalue weighted by Gasteiger charge is 2.16. The van der Waals surface area contributed by atoms with E-state index in [2.05, 4.69) is 26.0 Å². The van der Waals surface area contributed by atoms with E-state index in [-0.39, 0.29) is 18.2 Å². The van der Waals surface area contributed by atoms with Crippen LogP contribution in [0.15, 0.2) is 30.3 Å². The van der Waals surface area contributed by atoms with Crippen molar-refractivity contribution in [1.29, 1.82) is 0 Å². The summed E-state index contributed by atoms with van der Waals surface area (Å²) in [5, 5.41) is 9.06. The first-order valence-electron chi connectivity index (χ1n) is 4.29. The summed E-state index contributed by atoms with van der Waals surface area (Å²) in [7, 11) is 0. The van der Waals surface area contributed by atoms with Crippen LogP contribution in [-0.4, -0.2) is 11.7 Å². The van der Waals surface area contributed by atoms with Crippen molar-refractivity contribution in [3.63, 3.8) is 0 Å². The molecule has 0 bridgehead atoms. The summed E-state index contributed by atoms with van der Waals surface area (Å²) in [5.74, 6) is 0. The second-order valence-electron chi connectivity index (χ2n) is 3.98. The molecule has 0 saturated heterocycles. The Morgan fingerprint density at radius 1 is 1.15 bits per heavy atom. The first-order chi connectivity index (χ1) is 5.64. The lowest BCUT2D eigenvalue weighted by atomic mass is 9.87. The van der Waals surface area contributed by atoms with Gasteiger partial charge in [-0.05, 0) is 17.4 Å². The Morgan fingerprint density at radius 2 is 1.69 bits per heavy atom. The maximum Gasteiger partial charge on any atom is 0.0485 e. The molecule has 1 aromatic carbocycles. The fourth-order valence-corrected chi connectivity index (χ4v) is 1.20. The highest BCUT2D eigenvalue weighted by Crippen LogP contribution is 2.20. The lowest BCUT2D eigenvalue weighted by Crippen LogP contribution is -2.19. The Bertz CT molecular complexity index is 231. The number of aliphatic hydroxyl groups is 1. The van der Waals surface area contributed by atoms with Gasteiger partial charge in [0.15, 0.2) is 0 Å². The van der Waals surface area contributed by atoms with Gasteiger partial charge in [-0.1, -0.05) is 44.2 Å². The number of rotatable bonds is 3. The van der Waals surface area contributed by atoms with Crippen molar-refractivity contribution >= 4 is 0 Å². The van der Waals surface area contributed by atoms with Crippen LogP contribution < -0.4 is 6.15 Å². The van der Waals surface area contributed by atoms with E-state index in [0.717, 1.165) is 6.42 Å². The zero-order valence-electron chi connectivity index (χ0n) is 8.46. The highest BCUT2D eigenvalue weighted by molar-refractivity contribution is 5.16. The zero-order chi connectivity index (χ0) is 9.03. The molecule has 4 N–H and O–H groups in total. The van der Waals surface area contributed by atoms with Gasteiger partial charge >= 0.3 is 0 Å². The molecule has 0 atom stereocenters. The molecule has 0 aliphatic heterocycles. The number of hydrogen-bond donors (Lipinski definition) is 2. The largest absolute Gasteiger partial charge is 0.396 e. The van der Waals surface area contributed by atoms with Crippen molar-refractivity contribution in [2.75, 3.05) is 6.61 Å². The van der Waals surface area contributed by atoms with Gasteiger partial charge in [0.1, 0.15) is 0 Å². The summed E-state index contributed by atoms with van der Waals surface area (Å²) >= 11 is 0. The van der Waals surface area contributed by atoms with Crippen molar-refractivity contribution in [3.05, 3.63) is 35.9 Å². The molecule has 1 rings (SSSR count). The lowest BCUT2D eigenvalue weighted by Gasteiger charge is -2.21. The van der Waals surface area contributed by atoms with Gasteiger partial charge in [0, 0.05) is 6.61 Å². The van der Waals surface area contributed by atoms with Crippen LogP contribution in [0.4, 0.5) is 0 Å². The SMILES string of the molecule is CC(C)(CO)Cc1ccccc1.N. The Kier molecular flexibility index (Phi) is 4.67. The molecule has 2 heteroatoms. The molecule has 13 heavy (non-hydrogen) atoms. The van der Waals surface area contributed by atoms with Crippen LogP contribution in [0.5, 0.6) is 0 Å². The molecule has 0 heterocycles. The molecule has 0 aliphatic rings. The molecule has 1 aromatic rings. The zero-order valence-corrected chi connectivity index (χ0v) is 8.46. The topological polar surface area (TPSA) is 55.2 Å². The average Bonchev–Trinajstić information content (AvgIpc) is 2.06. The Hall–Kier alpha value is -0.860. The van der Waals surface area contributed by atoms with Crippen LogP contribution in [0.25, 0.3) is 0 Å². The summed E-state index contributed by atoms with van der Waals surface area (Å²) in [4.78, 5) is 0. The molecule has 2 nitrogen and oxygen atoms in total. The van der Waals surface area contributed by atoms with Gasteiger partial charge in [-0.2, -0.15) is 0 Å². The third kappa shape index (κ3) is 4.06. The van der Waals surface area contributed by atoms with Gasteiger partial charge in [-0.15, -0.1) is 0 Å². The standard InChI is InChI=1S/C11H16O.H3N/c1-11(2,9-12)8-10-6-4-3-5-7-10;/h3-7,12H,8-9H2,1-2H3;1H3. The predicted molar refractivity (Wildman–Crippen MR) is 56.0 cm³/mol. The van der Waals surface area contributed by atoms with Crippen LogP contribution in [-0.2, 0) is 6.42 Å². The van der Waals surface area contributed by atoms with E-state index in [1.807, 2.05) is 18.2 Å². The molecule has 0 unspecified atom stereocenters.